The molecule has 0 amide bonds. The predicted molar refractivity (Wildman–Crippen MR) is 79.6 cm³/mol. The van der Waals surface area contributed by atoms with E-state index < -0.39 is 10.0 Å². The van der Waals surface area contributed by atoms with Gasteiger partial charge >= 0.3 is 0 Å². The Labute approximate surface area is 122 Å². The molecule has 0 atom stereocenters. The molecule has 5 nitrogen and oxygen atoms in total. The van der Waals surface area contributed by atoms with Gasteiger partial charge in [-0.05, 0) is 43.7 Å². The van der Waals surface area contributed by atoms with Crippen molar-refractivity contribution in [2.75, 3.05) is 11.3 Å². The fourth-order valence-corrected chi connectivity index (χ4v) is 4.17. The van der Waals surface area contributed by atoms with E-state index in [0.717, 1.165) is 27.5 Å². The van der Waals surface area contributed by atoms with Crippen LogP contribution in [-0.4, -0.2) is 25.1 Å². The maximum atomic E-state index is 12.2. The first-order valence-corrected chi connectivity index (χ1v) is 8.38. The Morgan fingerprint density at radius 3 is 2.70 bits per heavy atom. The summed E-state index contributed by atoms with van der Waals surface area (Å²) in [6, 6.07) is 6.82. The van der Waals surface area contributed by atoms with E-state index in [1.807, 2.05) is 19.9 Å². The van der Waals surface area contributed by atoms with Gasteiger partial charge in [0.1, 0.15) is 10.0 Å². The van der Waals surface area contributed by atoms with Gasteiger partial charge in [0.2, 0.25) is 0 Å². The second-order valence-corrected chi connectivity index (χ2v) is 7.55. The zero-order chi connectivity index (χ0) is 14.8. The van der Waals surface area contributed by atoms with Crippen molar-refractivity contribution in [3.63, 3.8) is 0 Å². The molecule has 0 saturated heterocycles. The van der Waals surface area contributed by atoms with E-state index in [1.165, 1.54) is 0 Å². The topological polar surface area (TPSA) is 79.3 Å². The SMILES string of the molecule is Cc1cc(C)nc(NS(=O)(=O)c2ccc(CCO)s2)c1. The predicted octanol–water partition coefficient (Wildman–Crippen LogP) is 2.10. The van der Waals surface area contributed by atoms with Crippen LogP contribution in [0.5, 0.6) is 0 Å². The van der Waals surface area contributed by atoms with Gasteiger partial charge in [0.15, 0.2) is 0 Å². The molecule has 2 N–H and O–H groups in total. The summed E-state index contributed by atoms with van der Waals surface area (Å²) < 4.78 is 27.2. The van der Waals surface area contributed by atoms with Crippen LogP contribution in [-0.2, 0) is 16.4 Å². The van der Waals surface area contributed by atoms with Gasteiger partial charge in [-0.2, -0.15) is 0 Å². The third kappa shape index (κ3) is 3.56. The van der Waals surface area contributed by atoms with E-state index >= 15 is 0 Å². The molecule has 0 bridgehead atoms. The number of thiophene rings is 1. The Balaban J connectivity index is 2.25. The van der Waals surface area contributed by atoms with Crippen molar-refractivity contribution in [1.29, 1.82) is 0 Å². The van der Waals surface area contributed by atoms with E-state index in [-0.39, 0.29) is 10.8 Å². The molecule has 0 aliphatic heterocycles. The van der Waals surface area contributed by atoms with Crippen LogP contribution >= 0.6 is 11.3 Å². The number of nitrogens with zero attached hydrogens (tertiary/aromatic N) is 1. The number of nitrogens with one attached hydrogen (secondary N) is 1. The fourth-order valence-electron chi connectivity index (χ4n) is 1.83. The van der Waals surface area contributed by atoms with E-state index in [4.69, 9.17) is 5.11 Å². The number of aromatic nitrogens is 1. The Bertz CT molecular complexity index is 688. The van der Waals surface area contributed by atoms with Crippen LogP contribution in [0.4, 0.5) is 5.82 Å². The third-order valence-corrected chi connectivity index (χ3v) is 5.59. The standard InChI is InChI=1S/C13H16N2O3S2/c1-9-7-10(2)14-12(8-9)15-20(17,18)13-4-3-11(19-13)5-6-16/h3-4,7-8,16H,5-6H2,1-2H3,(H,14,15). The number of aliphatic hydroxyl groups is 1. The Hall–Kier alpha value is -1.44. The van der Waals surface area contributed by atoms with Crippen molar-refractivity contribution in [3.05, 3.63) is 40.4 Å². The summed E-state index contributed by atoms with van der Waals surface area (Å²) in [4.78, 5) is 5.00. The van der Waals surface area contributed by atoms with Gasteiger partial charge in [-0.15, -0.1) is 11.3 Å². The zero-order valence-electron chi connectivity index (χ0n) is 11.3. The molecule has 2 aromatic rings. The van der Waals surface area contributed by atoms with Crippen LogP contribution in [0, 0.1) is 13.8 Å². The molecule has 20 heavy (non-hydrogen) atoms. The van der Waals surface area contributed by atoms with E-state index in [9.17, 15) is 8.42 Å². The molecule has 2 aromatic heterocycles. The first kappa shape index (κ1) is 15.0. The van der Waals surface area contributed by atoms with Crippen molar-refractivity contribution < 1.29 is 13.5 Å². The largest absolute Gasteiger partial charge is 0.396 e. The third-order valence-electron chi connectivity index (χ3n) is 2.60. The highest BCUT2D eigenvalue weighted by molar-refractivity contribution is 7.94. The van der Waals surface area contributed by atoms with Gasteiger partial charge in [-0.1, -0.05) is 0 Å². The Morgan fingerprint density at radius 2 is 2.05 bits per heavy atom. The van der Waals surface area contributed by atoms with Crippen molar-refractivity contribution in [1.82, 2.24) is 4.98 Å². The van der Waals surface area contributed by atoms with Crippen LogP contribution < -0.4 is 4.72 Å². The van der Waals surface area contributed by atoms with Crippen LogP contribution in [0.2, 0.25) is 0 Å². The number of aryl methyl sites for hydroxylation is 2. The maximum Gasteiger partial charge on any atom is 0.272 e. The number of pyridine rings is 1. The molecule has 0 aromatic carbocycles. The van der Waals surface area contributed by atoms with Crippen molar-refractivity contribution in [2.45, 2.75) is 24.5 Å². The van der Waals surface area contributed by atoms with Gasteiger partial charge in [0.05, 0.1) is 0 Å². The molecule has 2 rings (SSSR count). The van der Waals surface area contributed by atoms with Gasteiger partial charge in [0, 0.05) is 23.6 Å². The van der Waals surface area contributed by atoms with E-state index in [2.05, 4.69) is 9.71 Å². The van der Waals surface area contributed by atoms with Crippen LogP contribution in [0.1, 0.15) is 16.1 Å². The molecular weight excluding hydrogens is 296 g/mol. The monoisotopic (exact) mass is 312 g/mol. The molecular formula is C13H16N2O3S2. The number of sulfonamides is 1. The quantitative estimate of drug-likeness (QED) is 0.886. The lowest BCUT2D eigenvalue weighted by atomic mass is 10.2. The molecule has 0 aliphatic rings. The second kappa shape index (κ2) is 5.90. The highest BCUT2D eigenvalue weighted by atomic mass is 32.2. The van der Waals surface area contributed by atoms with Crippen LogP contribution in [0.25, 0.3) is 0 Å². The minimum atomic E-state index is -3.62. The summed E-state index contributed by atoms with van der Waals surface area (Å²) in [5, 5.41) is 8.86. The first-order chi connectivity index (χ1) is 9.40. The summed E-state index contributed by atoms with van der Waals surface area (Å²) in [7, 11) is -3.62. The van der Waals surface area contributed by atoms with Gasteiger partial charge in [0.25, 0.3) is 10.0 Å². The number of anilines is 1. The zero-order valence-corrected chi connectivity index (χ0v) is 12.9. The highest BCUT2D eigenvalue weighted by Gasteiger charge is 2.17. The summed E-state index contributed by atoms with van der Waals surface area (Å²) in [6.45, 7) is 3.71. The lowest BCUT2D eigenvalue weighted by Gasteiger charge is -2.07. The Morgan fingerprint density at radius 1 is 1.30 bits per heavy atom. The van der Waals surface area contributed by atoms with Crippen LogP contribution in [0.15, 0.2) is 28.5 Å². The minimum Gasteiger partial charge on any atom is -0.396 e. The molecule has 2 heterocycles. The van der Waals surface area contributed by atoms with Crippen molar-refractivity contribution in [2.24, 2.45) is 0 Å². The summed E-state index contributed by atoms with van der Waals surface area (Å²) >= 11 is 1.15. The molecule has 0 radical (unpaired) electrons. The number of hydrogen-bond acceptors (Lipinski definition) is 5. The summed E-state index contributed by atoms with van der Waals surface area (Å²) in [5.41, 5.74) is 1.71. The summed E-state index contributed by atoms with van der Waals surface area (Å²) in [6.07, 6.45) is 0.460. The maximum absolute atomic E-state index is 12.2. The van der Waals surface area contributed by atoms with E-state index in [0.29, 0.717) is 12.2 Å². The summed E-state index contributed by atoms with van der Waals surface area (Å²) in [5.74, 6) is 0.319. The number of aliphatic hydroxyl groups excluding tert-OH is 1. The highest BCUT2D eigenvalue weighted by Crippen LogP contribution is 2.24. The normalized spacial score (nSPS) is 11.6. The van der Waals surface area contributed by atoms with Crippen molar-refractivity contribution in [3.8, 4) is 0 Å². The minimum absolute atomic E-state index is 0.00601. The number of rotatable bonds is 5. The van der Waals surface area contributed by atoms with Gasteiger partial charge in [-0.3, -0.25) is 4.72 Å². The van der Waals surface area contributed by atoms with Crippen LogP contribution in [0.3, 0.4) is 0 Å². The molecule has 0 fully saturated rings. The lowest BCUT2D eigenvalue weighted by molar-refractivity contribution is 0.300. The average molecular weight is 312 g/mol. The fraction of sp³-hybridized carbons (Fsp3) is 0.308. The lowest BCUT2D eigenvalue weighted by Crippen LogP contribution is -2.13. The van der Waals surface area contributed by atoms with Gasteiger partial charge < -0.3 is 5.11 Å². The van der Waals surface area contributed by atoms with Gasteiger partial charge in [-0.25, -0.2) is 13.4 Å². The first-order valence-electron chi connectivity index (χ1n) is 6.08. The number of hydrogen-bond donors (Lipinski definition) is 2. The molecule has 7 heteroatoms. The molecule has 0 spiro atoms. The Kier molecular flexibility index (Phi) is 4.42. The second-order valence-electron chi connectivity index (χ2n) is 4.47. The molecule has 0 saturated carbocycles. The molecule has 0 unspecified atom stereocenters. The molecule has 0 aliphatic carbocycles. The van der Waals surface area contributed by atoms with Crippen molar-refractivity contribution >= 4 is 27.2 Å². The molecule has 108 valence electrons. The van der Waals surface area contributed by atoms with E-state index in [1.54, 1.807) is 18.2 Å². The smallest absolute Gasteiger partial charge is 0.272 e. The average Bonchev–Trinajstić information content (AvgIpc) is 2.76.